The molecule has 5 saturated carbocycles. The van der Waals surface area contributed by atoms with Crippen LogP contribution >= 0.6 is 0 Å². The van der Waals surface area contributed by atoms with Crippen LogP contribution in [-0.2, 0) is 9.47 Å². The predicted octanol–water partition coefficient (Wildman–Crippen LogP) is 26.3. The molecule has 4 aliphatic heterocycles. The molecule has 0 aromatic heterocycles. The first-order valence-electron chi connectivity index (χ1n) is 41.4. The molecule has 0 radical (unpaired) electrons. The van der Waals surface area contributed by atoms with Crippen molar-refractivity contribution in [2.24, 2.45) is 109 Å². The highest BCUT2D eigenvalue weighted by molar-refractivity contribution is 4.97. The minimum atomic E-state index is 0.437. The van der Waals surface area contributed by atoms with E-state index in [0.29, 0.717) is 43.9 Å². The molecule has 0 spiro atoms. The molecule has 0 amide bonds. The number of piperidine rings is 1. The van der Waals surface area contributed by atoms with E-state index in [1.165, 1.54) is 155 Å². The maximum absolute atomic E-state index is 5.25. The zero-order valence-corrected chi connectivity index (χ0v) is 72.9. The van der Waals surface area contributed by atoms with E-state index in [9.17, 15) is 0 Å². The lowest BCUT2D eigenvalue weighted by Crippen LogP contribution is -2.46. The minimum absolute atomic E-state index is 0.437. The van der Waals surface area contributed by atoms with E-state index in [1.54, 1.807) is 0 Å². The van der Waals surface area contributed by atoms with E-state index in [2.05, 4.69) is 270 Å². The van der Waals surface area contributed by atoms with Gasteiger partial charge in [0.2, 0.25) is 0 Å². The molecule has 0 unspecified atom stereocenters. The van der Waals surface area contributed by atoms with Gasteiger partial charge < -0.3 is 20.1 Å². The van der Waals surface area contributed by atoms with Gasteiger partial charge in [0.15, 0.2) is 0 Å². The van der Waals surface area contributed by atoms with Crippen LogP contribution in [0, 0.1) is 109 Å². The van der Waals surface area contributed by atoms with Gasteiger partial charge in [0, 0.05) is 64.6 Å². The van der Waals surface area contributed by atoms with Crippen LogP contribution in [0.3, 0.4) is 0 Å². The van der Waals surface area contributed by atoms with Gasteiger partial charge in [-0.15, -0.1) is 0 Å². The Hall–Kier alpha value is -0.240. The molecule has 2 N–H and O–H groups in total. The van der Waals surface area contributed by atoms with Gasteiger partial charge in [-0.3, -0.25) is 9.80 Å². The predicted molar refractivity (Wildman–Crippen MR) is 434 cm³/mol. The second-order valence-electron chi connectivity index (χ2n) is 41.0. The number of morpholine rings is 1. The van der Waals surface area contributed by atoms with Gasteiger partial charge in [-0.05, 0) is 201 Å². The molecule has 9 rings (SSSR count). The van der Waals surface area contributed by atoms with Gasteiger partial charge in [-0.2, -0.15) is 0 Å². The monoisotopic (exact) mass is 1350 g/mol. The number of hydrogen-bond donors (Lipinski definition) is 2. The molecule has 0 bridgehead atoms. The Bertz CT molecular complexity index is 1490. The average molecular weight is 1350 g/mol. The zero-order valence-electron chi connectivity index (χ0n) is 72.9. The molecule has 0 aromatic rings. The number of piperazine rings is 1. The number of rotatable bonds is 7. The van der Waals surface area contributed by atoms with Crippen molar-refractivity contribution in [2.75, 3.05) is 78.8 Å². The summed E-state index contributed by atoms with van der Waals surface area (Å²) >= 11 is 0. The molecular weight excluding hydrogens is 1160 g/mol. The second-order valence-corrected chi connectivity index (χ2v) is 41.0. The topological polar surface area (TPSA) is 49.0 Å². The summed E-state index contributed by atoms with van der Waals surface area (Å²) in [5.41, 5.74) is 3.72. The molecular formula is C89H188N4O2. The molecule has 5 aliphatic carbocycles. The zero-order chi connectivity index (χ0) is 74.2. The molecule has 6 nitrogen and oxygen atoms in total. The van der Waals surface area contributed by atoms with Crippen molar-refractivity contribution in [3.63, 3.8) is 0 Å². The Morgan fingerprint density at radius 1 is 0.337 bits per heavy atom. The van der Waals surface area contributed by atoms with Gasteiger partial charge in [-0.25, -0.2) is 0 Å². The Kier molecular flexibility index (Phi) is 53.1. The first-order chi connectivity index (χ1) is 43.4. The lowest BCUT2D eigenvalue weighted by Gasteiger charge is -2.34. The van der Waals surface area contributed by atoms with Crippen molar-refractivity contribution in [3.05, 3.63) is 0 Å². The lowest BCUT2D eigenvalue weighted by molar-refractivity contribution is 0.0238. The van der Waals surface area contributed by atoms with Crippen LogP contribution in [0.25, 0.3) is 0 Å². The molecule has 6 heteroatoms. The third-order valence-corrected chi connectivity index (χ3v) is 23.8. The highest BCUT2D eigenvalue weighted by Gasteiger charge is 2.47. The normalized spacial score (nSPS) is 21.1. The third kappa shape index (κ3) is 56.0. The molecule has 4 heterocycles. The standard InChI is InChI=1S/C9H18.C8H17N.C8H16O.2C8H16.C8H18.C7H16N2.C7H15NO.2C7H14.C7H16.C5H12/c1-8(2)9-6-4-3-5-7-9;2*1-7(2)8-3-5-9-6-4-8;1-7(2,3)8(4)5-6-8;1-7(2)8-5-3-4-6-8;1-7(2,3)8(4,5)6;1-7(2)9-5-3-8-4-6-9;1-7(2)8-3-5-9-6-4-8;1-7(2,3)6-4-5-6;1-6(2)7-4-3-5-7;1-6(2)7(3,4)5;1-5(2,3)4/h8-9H,3-7H2,1-2H3;7-9H,3-6H2,1-2H3;7-8H,3-6H2,1-2H3;5-6H2,1-4H3;7-8H,3-6H2,1-2H3;1-6H3;7-8H,3-6H2,1-2H3;7H,3-6H2,1-2H3;6H,4-5H2,1-3H3;6-7H,3-5H2,1-2H3;6H,1-5H3;1-4H3. The number of hydrogen-bond acceptors (Lipinski definition) is 6. The van der Waals surface area contributed by atoms with Crippen LogP contribution in [0.1, 0.15) is 378 Å². The Morgan fingerprint density at radius 2 is 0.611 bits per heavy atom. The van der Waals surface area contributed by atoms with Gasteiger partial charge in [0.05, 0.1) is 13.2 Å². The molecule has 0 atom stereocenters. The van der Waals surface area contributed by atoms with Crippen molar-refractivity contribution in [1.82, 2.24) is 20.4 Å². The minimum Gasteiger partial charge on any atom is -0.381 e. The van der Waals surface area contributed by atoms with E-state index in [0.717, 1.165) is 130 Å². The fourth-order valence-corrected chi connectivity index (χ4v) is 11.6. The highest BCUT2D eigenvalue weighted by Crippen LogP contribution is 2.57. The summed E-state index contributed by atoms with van der Waals surface area (Å²) in [7, 11) is 0. The fourth-order valence-electron chi connectivity index (χ4n) is 11.6. The molecule has 4 saturated heterocycles. The molecule has 9 aliphatic rings. The summed E-state index contributed by atoms with van der Waals surface area (Å²) in [4.78, 5) is 4.93. The van der Waals surface area contributed by atoms with Gasteiger partial charge in [0.1, 0.15) is 0 Å². The van der Waals surface area contributed by atoms with Gasteiger partial charge in [-0.1, -0.05) is 299 Å². The Labute approximate surface area is 604 Å². The maximum atomic E-state index is 5.25. The largest absolute Gasteiger partial charge is 0.381 e. The third-order valence-electron chi connectivity index (χ3n) is 23.8. The van der Waals surface area contributed by atoms with E-state index < -0.39 is 0 Å². The summed E-state index contributed by atoms with van der Waals surface area (Å²) < 4.78 is 10.5. The van der Waals surface area contributed by atoms with Gasteiger partial charge >= 0.3 is 0 Å². The Morgan fingerprint density at radius 3 is 0.779 bits per heavy atom. The van der Waals surface area contributed by atoms with Crippen molar-refractivity contribution in [1.29, 1.82) is 0 Å². The molecule has 95 heavy (non-hydrogen) atoms. The van der Waals surface area contributed by atoms with Crippen LogP contribution < -0.4 is 10.6 Å². The summed E-state index contributed by atoms with van der Waals surface area (Å²) in [5, 5.41) is 6.70. The molecule has 0 aromatic carbocycles. The molecule has 576 valence electrons. The Balaban J connectivity index is -0.000000975. The van der Waals surface area contributed by atoms with E-state index in [-0.39, 0.29) is 0 Å². The number of nitrogens with zero attached hydrogens (tertiary/aromatic N) is 2. The average Bonchev–Trinajstić information content (AvgIpc) is 1.63. The van der Waals surface area contributed by atoms with Crippen LogP contribution in [0.2, 0.25) is 0 Å². The van der Waals surface area contributed by atoms with Crippen molar-refractivity contribution >= 4 is 0 Å². The van der Waals surface area contributed by atoms with E-state index in [4.69, 9.17) is 9.47 Å². The van der Waals surface area contributed by atoms with Crippen LogP contribution in [0.5, 0.6) is 0 Å². The van der Waals surface area contributed by atoms with Crippen LogP contribution in [0.4, 0.5) is 0 Å². The van der Waals surface area contributed by atoms with E-state index in [1.807, 2.05) is 0 Å². The second kappa shape index (κ2) is 51.0. The quantitative estimate of drug-likeness (QED) is 0.265. The van der Waals surface area contributed by atoms with Crippen LogP contribution in [0.15, 0.2) is 0 Å². The summed E-state index contributed by atoms with van der Waals surface area (Å²) in [5.74, 6) is 11.6. The maximum Gasteiger partial charge on any atom is 0.0594 e. The number of ether oxygens (including phenoxy) is 2. The first-order valence-corrected chi connectivity index (χ1v) is 41.4. The highest BCUT2D eigenvalue weighted by atomic mass is 16.5. The first kappa shape index (κ1) is 98.9. The molecule has 9 fully saturated rings. The number of nitrogens with one attached hydrogen (secondary N) is 2. The lowest BCUT2D eigenvalue weighted by atomic mass is 9.71. The van der Waals surface area contributed by atoms with Crippen molar-refractivity contribution < 1.29 is 9.47 Å². The van der Waals surface area contributed by atoms with Gasteiger partial charge in [0.25, 0.3) is 0 Å². The van der Waals surface area contributed by atoms with E-state index >= 15 is 0 Å². The van der Waals surface area contributed by atoms with Crippen LogP contribution in [-0.4, -0.2) is 101 Å². The van der Waals surface area contributed by atoms with Crippen molar-refractivity contribution in [2.45, 2.75) is 390 Å². The summed E-state index contributed by atoms with van der Waals surface area (Å²) in [6, 6.07) is 1.42. The summed E-state index contributed by atoms with van der Waals surface area (Å²) in [6.07, 6.45) is 29.1. The smallest absolute Gasteiger partial charge is 0.0594 e. The summed E-state index contributed by atoms with van der Waals surface area (Å²) in [6.45, 7) is 95.6. The van der Waals surface area contributed by atoms with Crippen molar-refractivity contribution in [3.8, 4) is 0 Å². The SMILES string of the molecule is CC(C)(C)C.CC(C)(C)C(C)(C)C.CC(C)(C)C1(C)CC1.CC(C)(C)C1CC1.CC(C)C(C)(C)C.CC(C)C1CCC1.CC(C)C1CCCC1.CC(C)C1CCCCC1.CC(C)C1CCNCC1.CC(C)C1CCOCC1.CC(C)N1CCNCC1.CC(C)N1CCOCC1. The fraction of sp³-hybridized carbons (Fsp3) is 1.00.